The number of non-ortho nitro benzene ring substituents is 1. The zero-order chi connectivity index (χ0) is 17.7. The quantitative estimate of drug-likeness (QED) is 0.444. The van der Waals surface area contributed by atoms with E-state index < -0.39 is 26.7 Å². The number of hydrogen-bond donors (Lipinski definition) is 1. The first-order valence-electron chi connectivity index (χ1n) is 7.31. The van der Waals surface area contributed by atoms with Crippen molar-refractivity contribution >= 4 is 21.4 Å². The Morgan fingerprint density at radius 3 is 2.83 bits per heavy atom. The van der Waals surface area contributed by atoms with Crippen molar-refractivity contribution in [3.05, 3.63) is 46.5 Å². The van der Waals surface area contributed by atoms with Crippen LogP contribution in [0.2, 0.25) is 0 Å². The van der Waals surface area contributed by atoms with Gasteiger partial charge in [0.05, 0.1) is 16.4 Å². The van der Waals surface area contributed by atoms with E-state index in [-0.39, 0.29) is 23.8 Å². The lowest BCUT2D eigenvalue weighted by molar-refractivity contribution is -0.384. The summed E-state index contributed by atoms with van der Waals surface area (Å²) in [5.41, 5.74) is 0.482. The first-order valence-corrected chi connectivity index (χ1v) is 9.13. The minimum absolute atomic E-state index is 0.0576. The molecular formula is C15H18N2O6S. The number of hydrogen-bond acceptors (Lipinski definition) is 6. The summed E-state index contributed by atoms with van der Waals surface area (Å²) in [5, 5.41) is 13.4. The Bertz CT molecular complexity index is 759. The van der Waals surface area contributed by atoms with Crippen LogP contribution in [0.4, 0.5) is 5.69 Å². The monoisotopic (exact) mass is 354 g/mol. The van der Waals surface area contributed by atoms with Crippen LogP contribution >= 0.6 is 0 Å². The number of sulfone groups is 1. The molecule has 1 fully saturated rings. The number of allylic oxidation sites excluding steroid dienone is 1. The number of nitro groups is 1. The lowest BCUT2D eigenvalue weighted by Crippen LogP contribution is -2.38. The number of carbonyl (C=O) groups excluding carboxylic acids is 1. The van der Waals surface area contributed by atoms with Gasteiger partial charge in [0.1, 0.15) is 5.75 Å². The molecule has 0 unspecified atom stereocenters. The summed E-state index contributed by atoms with van der Waals surface area (Å²) in [6, 6.07) is 3.71. The number of nitrogens with one attached hydrogen (secondary N) is 1. The van der Waals surface area contributed by atoms with Crippen molar-refractivity contribution < 1.29 is 22.9 Å². The van der Waals surface area contributed by atoms with E-state index in [1.807, 2.05) is 0 Å². The summed E-state index contributed by atoms with van der Waals surface area (Å²) >= 11 is 0. The van der Waals surface area contributed by atoms with Gasteiger partial charge in [-0.15, -0.1) is 6.58 Å². The Labute approximate surface area is 139 Å². The van der Waals surface area contributed by atoms with Crippen molar-refractivity contribution in [3.8, 4) is 5.75 Å². The highest BCUT2D eigenvalue weighted by Gasteiger charge is 2.28. The van der Waals surface area contributed by atoms with Crippen LogP contribution < -0.4 is 10.1 Å². The molecule has 0 aromatic heterocycles. The Kier molecular flexibility index (Phi) is 5.55. The average molecular weight is 354 g/mol. The standard InChI is InChI=1S/C15H18N2O6S/c1-2-3-11-8-13(17(19)20)4-5-14(11)23-9-15(18)16-12-6-7-24(21,22)10-12/h2,4-5,8,12H,1,3,6-7,9-10H2,(H,16,18)/t12-/m0/s1. The summed E-state index contributed by atoms with van der Waals surface area (Å²) in [5.74, 6) is -0.0579. The van der Waals surface area contributed by atoms with Crippen molar-refractivity contribution in [2.45, 2.75) is 18.9 Å². The minimum atomic E-state index is -3.07. The van der Waals surface area contributed by atoms with Crippen LogP contribution in [0, 0.1) is 10.1 Å². The predicted molar refractivity (Wildman–Crippen MR) is 87.7 cm³/mol. The average Bonchev–Trinajstić information content (AvgIpc) is 2.84. The van der Waals surface area contributed by atoms with Gasteiger partial charge in [-0.1, -0.05) is 6.08 Å². The van der Waals surface area contributed by atoms with E-state index in [1.165, 1.54) is 18.2 Å². The fourth-order valence-corrected chi connectivity index (χ4v) is 4.13. The van der Waals surface area contributed by atoms with Crippen molar-refractivity contribution in [2.75, 3.05) is 18.1 Å². The van der Waals surface area contributed by atoms with E-state index in [0.29, 0.717) is 24.2 Å². The van der Waals surface area contributed by atoms with Gasteiger partial charge in [-0.2, -0.15) is 0 Å². The van der Waals surface area contributed by atoms with Crippen LogP contribution in [0.25, 0.3) is 0 Å². The van der Waals surface area contributed by atoms with E-state index in [1.54, 1.807) is 6.08 Å². The molecule has 1 aliphatic rings. The van der Waals surface area contributed by atoms with E-state index in [4.69, 9.17) is 4.74 Å². The molecular weight excluding hydrogens is 336 g/mol. The third-order valence-corrected chi connectivity index (χ3v) is 5.34. The van der Waals surface area contributed by atoms with Crippen LogP contribution in [-0.2, 0) is 21.1 Å². The minimum Gasteiger partial charge on any atom is -0.483 e. The van der Waals surface area contributed by atoms with Gasteiger partial charge in [0.2, 0.25) is 0 Å². The molecule has 1 N–H and O–H groups in total. The molecule has 0 spiro atoms. The van der Waals surface area contributed by atoms with Gasteiger partial charge in [0.15, 0.2) is 16.4 Å². The lowest BCUT2D eigenvalue weighted by Gasteiger charge is -2.13. The Morgan fingerprint density at radius 1 is 1.50 bits per heavy atom. The summed E-state index contributed by atoms with van der Waals surface area (Å²) in [6.07, 6.45) is 2.34. The molecule has 9 heteroatoms. The molecule has 1 heterocycles. The Hall–Kier alpha value is -2.42. The number of amides is 1. The zero-order valence-corrected chi connectivity index (χ0v) is 13.8. The zero-order valence-electron chi connectivity index (χ0n) is 12.9. The fourth-order valence-electron chi connectivity index (χ4n) is 2.46. The van der Waals surface area contributed by atoms with Gasteiger partial charge in [-0.25, -0.2) is 8.42 Å². The first kappa shape index (κ1) is 17.9. The van der Waals surface area contributed by atoms with Gasteiger partial charge in [0.25, 0.3) is 11.6 Å². The number of ether oxygens (including phenoxy) is 1. The van der Waals surface area contributed by atoms with Gasteiger partial charge in [-0.3, -0.25) is 14.9 Å². The van der Waals surface area contributed by atoms with Crippen molar-refractivity contribution in [1.29, 1.82) is 0 Å². The van der Waals surface area contributed by atoms with Gasteiger partial charge in [0, 0.05) is 23.7 Å². The number of nitro benzene ring substituents is 1. The van der Waals surface area contributed by atoms with Crippen LogP contribution in [0.3, 0.4) is 0 Å². The first-order chi connectivity index (χ1) is 11.3. The van der Waals surface area contributed by atoms with Crippen LogP contribution in [0.15, 0.2) is 30.9 Å². The molecule has 1 amide bonds. The summed E-state index contributed by atoms with van der Waals surface area (Å²) in [4.78, 5) is 22.2. The van der Waals surface area contributed by atoms with Crippen LogP contribution in [0.5, 0.6) is 5.75 Å². The highest BCUT2D eigenvalue weighted by Crippen LogP contribution is 2.25. The number of carbonyl (C=O) groups is 1. The molecule has 1 atom stereocenters. The van der Waals surface area contributed by atoms with E-state index in [0.717, 1.165) is 0 Å². The lowest BCUT2D eigenvalue weighted by atomic mass is 10.1. The number of rotatable bonds is 7. The topological polar surface area (TPSA) is 116 Å². The molecule has 8 nitrogen and oxygen atoms in total. The molecule has 1 aromatic rings. The smallest absolute Gasteiger partial charge is 0.269 e. The second kappa shape index (κ2) is 7.43. The van der Waals surface area contributed by atoms with Crippen LogP contribution in [0.1, 0.15) is 12.0 Å². The molecule has 130 valence electrons. The Morgan fingerprint density at radius 2 is 2.25 bits per heavy atom. The summed E-state index contributed by atoms with van der Waals surface area (Å²) in [6.45, 7) is 3.29. The second-order valence-corrected chi connectivity index (χ2v) is 7.73. The fraction of sp³-hybridized carbons (Fsp3) is 0.400. The molecule has 0 bridgehead atoms. The Balaban J connectivity index is 1.96. The molecule has 2 rings (SSSR count). The molecule has 1 aromatic carbocycles. The third-order valence-electron chi connectivity index (χ3n) is 3.58. The number of nitrogens with zero attached hydrogens (tertiary/aromatic N) is 1. The van der Waals surface area contributed by atoms with Gasteiger partial charge >= 0.3 is 0 Å². The van der Waals surface area contributed by atoms with Crippen molar-refractivity contribution in [2.24, 2.45) is 0 Å². The molecule has 0 radical (unpaired) electrons. The molecule has 1 aliphatic heterocycles. The van der Waals surface area contributed by atoms with Gasteiger partial charge < -0.3 is 10.1 Å². The molecule has 0 saturated carbocycles. The predicted octanol–water partition coefficient (Wildman–Crippen LogP) is 1.01. The second-order valence-electron chi connectivity index (χ2n) is 5.50. The number of benzene rings is 1. The van der Waals surface area contributed by atoms with E-state index >= 15 is 0 Å². The highest BCUT2D eigenvalue weighted by molar-refractivity contribution is 7.91. The molecule has 0 aliphatic carbocycles. The van der Waals surface area contributed by atoms with E-state index in [2.05, 4.69) is 11.9 Å². The largest absolute Gasteiger partial charge is 0.483 e. The molecule has 24 heavy (non-hydrogen) atoms. The molecule has 1 saturated heterocycles. The van der Waals surface area contributed by atoms with Crippen LogP contribution in [-0.4, -0.2) is 43.4 Å². The maximum absolute atomic E-state index is 11.9. The van der Waals surface area contributed by atoms with Gasteiger partial charge in [-0.05, 0) is 18.9 Å². The normalized spacial score (nSPS) is 18.8. The summed E-state index contributed by atoms with van der Waals surface area (Å²) < 4.78 is 28.1. The van der Waals surface area contributed by atoms with E-state index in [9.17, 15) is 23.3 Å². The van der Waals surface area contributed by atoms with Crippen molar-refractivity contribution in [3.63, 3.8) is 0 Å². The SMILES string of the molecule is C=CCc1cc([N+](=O)[O-])ccc1OCC(=O)N[C@H]1CCS(=O)(=O)C1. The third kappa shape index (κ3) is 4.79. The maximum atomic E-state index is 11.9. The van der Waals surface area contributed by atoms with Crippen molar-refractivity contribution in [1.82, 2.24) is 5.32 Å². The maximum Gasteiger partial charge on any atom is 0.269 e. The summed E-state index contributed by atoms with van der Waals surface area (Å²) in [7, 11) is -3.07. The highest BCUT2D eigenvalue weighted by atomic mass is 32.2.